The quantitative estimate of drug-likeness (QED) is 0.841. The molecule has 1 aromatic heterocycles. The van der Waals surface area contributed by atoms with Gasteiger partial charge in [0.1, 0.15) is 34.9 Å². The number of nitriles is 2. The van der Waals surface area contributed by atoms with E-state index in [1.807, 2.05) is 13.1 Å². The van der Waals surface area contributed by atoms with Crippen LogP contribution in [0.2, 0.25) is 0 Å². The summed E-state index contributed by atoms with van der Waals surface area (Å²) in [6, 6.07) is 8.16. The van der Waals surface area contributed by atoms with E-state index in [4.69, 9.17) is 5.73 Å². The molecule has 1 aliphatic heterocycles. The molecule has 7 nitrogen and oxygen atoms in total. The number of piperazine rings is 1. The molecular formula is C18H17FN6O. The molecular weight excluding hydrogens is 335 g/mol. The van der Waals surface area contributed by atoms with Crippen LogP contribution >= 0.6 is 0 Å². The summed E-state index contributed by atoms with van der Waals surface area (Å²) in [6.07, 6.45) is 0. The molecule has 2 aromatic rings. The summed E-state index contributed by atoms with van der Waals surface area (Å²) in [5, 5.41) is 18.6. The second-order valence-electron chi connectivity index (χ2n) is 6.17. The molecule has 0 amide bonds. The van der Waals surface area contributed by atoms with E-state index in [1.165, 1.54) is 12.1 Å². The third-order valence-corrected chi connectivity index (χ3v) is 4.56. The Kier molecular flexibility index (Phi) is 4.61. The summed E-state index contributed by atoms with van der Waals surface area (Å²) in [5.74, 6) is -0.798. The number of halogens is 1. The van der Waals surface area contributed by atoms with Gasteiger partial charge in [0.15, 0.2) is 0 Å². The molecule has 3 rings (SSSR count). The Balaban J connectivity index is 2.11. The maximum absolute atomic E-state index is 14.9. The largest absolute Gasteiger partial charge is 0.384 e. The maximum Gasteiger partial charge on any atom is 0.268 e. The van der Waals surface area contributed by atoms with Crippen LogP contribution in [0.1, 0.15) is 11.1 Å². The van der Waals surface area contributed by atoms with Gasteiger partial charge in [0.25, 0.3) is 5.56 Å². The van der Waals surface area contributed by atoms with Crippen molar-refractivity contribution in [1.82, 2.24) is 9.88 Å². The standard InChI is InChI=1S/C18H17FN6O/c1-24-4-6-25(7-5-24)11-2-3-12(15(19)8-11)16-13(9-20)17(22)23-18(26)14(16)10-21/h2-3,8H,4-7H2,1H3,(H3,22,23,26). The minimum absolute atomic E-state index is 0.00813. The van der Waals surface area contributed by atoms with E-state index >= 15 is 0 Å². The smallest absolute Gasteiger partial charge is 0.268 e. The van der Waals surface area contributed by atoms with Crippen molar-refractivity contribution < 1.29 is 4.39 Å². The van der Waals surface area contributed by atoms with E-state index in [0.29, 0.717) is 5.69 Å². The van der Waals surface area contributed by atoms with Gasteiger partial charge in [0.2, 0.25) is 0 Å². The summed E-state index contributed by atoms with van der Waals surface area (Å²) in [4.78, 5) is 18.5. The fourth-order valence-electron chi connectivity index (χ4n) is 3.08. The molecule has 1 aliphatic rings. The van der Waals surface area contributed by atoms with Crippen LogP contribution in [-0.4, -0.2) is 43.1 Å². The van der Waals surface area contributed by atoms with Crippen LogP contribution in [0.3, 0.4) is 0 Å². The van der Waals surface area contributed by atoms with E-state index in [0.717, 1.165) is 26.2 Å². The molecule has 0 saturated carbocycles. The van der Waals surface area contributed by atoms with Gasteiger partial charge in [0.05, 0.1) is 0 Å². The number of benzene rings is 1. The van der Waals surface area contributed by atoms with Crippen LogP contribution in [0, 0.1) is 28.5 Å². The zero-order valence-corrected chi connectivity index (χ0v) is 14.2. The van der Waals surface area contributed by atoms with Gasteiger partial charge in [-0.2, -0.15) is 10.5 Å². The summed E-state index contributed by atoms with van der Waals surface area (Å²) >= 11 is 0. The highest BCUT2D eigenvalue weighted by Gasteiger charge is 2.22. The van der Waals surface area contributed by atoms with Crippen molar-refractivity contribution in [3.05, 3.63) is 45.5 Å². The topological polar surface area (TPSA) is 113 Å². The van der Waals surface area contributed by atoms with Crippen molar-refractivity contribution >= 4 is 11.5 Å². The number of hydrogen-bond donors (Lipinski definition) is 2. The molecule has 1 aromatic carbocycles. The average molecular weight is 352 g/mol. The van der Waals surface area contributed by atoms with Gasteiger partial charge in [-0.25, -0.2) is 4.39 Å². The number of aromatic amines is 1. The third-order valence-electron chi connectivity index (χ3n) is 4.56. The number of nitrogen functional groups attached to an aromatic ring is 1. The Morgan fingerprint density at radius 3 is 2.38 bits per heavy atom. The van der Waals surface area contributed by atoms with Crippen LogP contribution in [0.4, 0.5) is 15.9 Å². The molecule has 0 radical (unpaired) electrons. The Morgan fingerprint density at radius 1 is 1.15 bits per heavy atom. The fourth-order valence-corrected chi connectivity index (χ4v) is 3.08. The number of H-pyrrole nitrogens is 1. The molecule has 0 bridgehead atoms. The van der Waals surface area contributed by atoms with E-state index in [-0.39, 0.29) is 28.1 Å². The van der Waals surface area contributed by atoms with Crippen molar-refractivity contribution in [2.24, 2.45) is 0 Å². The molecule has 2 heterocycles. The highest BCUT2D eigenvalue weighted by atomic mass is 19.1. The molecule has 1 saturated heterocycles. The third kappa shape index (κ3) is 2.99. The minimum atomic E-state index is -0.749. The van der Waals surface area contributed by atoms with Gasteiger partial charge in [-0.05, 0) is 25.2 Å². The van der Waals surface area contributed by atoms with E-state index in [9.17, 15) is 19.7 Å². The first-order valence-corrected chi connectivity index (χ1v) is 8.05. The zero-order valence-electron chi connectivity index (χ0n) is 14.2. The number of nitrogens with two attached hydrogens (primary N) is 1. The molecule has 0 unspecified atom stereocenters. The number of likely N-dealkylation sites (N-methyl/N-ethyl adjacent to an activating group) is 1. The maximum atomic E-state index is 14.9. The summed E-state index contributed by atoms with van der Waals surface area (Å²) in [5.41, 5.74) is 5.14. The predicted molar refractivity (Wildman–Crippen MR) is 96.0 cm³/mol. The van der Waals surface area contributed by atoms with Crippen LogP contribution in [-0.2, 0) is 0 Å². The fraction of sp³-hybridized carbons (Fsp3) is 0.278. The van der Waals surface area contributed by atoms with Gasteiger partial charge >= 0.3 is 0 Å². The van der Waals surface area contributed by atoms with Gasteiger partial charge in [-0.3, -0.25) is 4.79 Å². The number of nitrogens with one attached hydrogen (secondary N) is 1. The lowest BCUT2D eigenvalue weighted by atomic mass is 9.96. The van der Waals surface area contributed by atoms with Crippen molar-refractivity contribution in [3.8, 4) is 23.3 Å². The summed E-state index contributed by atoms with van der Waals surface area (Å²) in [6.45, 7) is 3.32. The zero-order chi connectivity index (χ0) is 18.8. The lowest BCUT2D eigenvalue weighted by molar-refractivity contribution is 0.313. The van der Waals surface area contributed by atoms with Gasteiger partial charge in [0, 0.05) is 43.0 Å². The number of anilines is 2. The molecule has 0 aliphatic carbocycles. The van der Waals surface area contributed by atoms with Gasteiger partial charge < -0.3 is 20.5 Å². The second-order valence-corrected chi connectivity index (χ2v) is 6.17. The molecule has 132 valence electrons. The highest BCUT2D eigenvalue weighted by molar-refractivity contribution is 5.81. The first kappa shape index (κ1) is 17.5. The van der Waals surface area contributed by atoms with E-state index < -0.39 is 11.4 Å². The molecule has 26 heavy (non-hydrogen) atoms. The van der Waals surface area contributed by atoms with Crippen molar-refractivity contribution in [2.75, 3.05) is 43.9 Å². The lowest BCUT2D eigenvalue weighted by Gasteiger charge is -2.34. The van der Waals surface area contributed by atoms with Crippen molar-refractivity contribution in [3.63, 3.8) is 0 Å². The van der Waals surface area contributed by atoms with Crippen molar-refractivity contribution in [1.29, 1.82) is 10.5 Å². The first-order valence-electron chi connectivity index (χ1n) is 8.05. The normalized spacial score (nSPS) is 14.7. The number of hydrogen-bond acceptors (Lipinski definition) is 6. The Morgan fingerprint density at radius 2 is 1.81 bits per heavy atom. The molecule has 8 heteroatoms. The molecule has 0 spiro atoms. The van der Waals surface area contributed by atoms with Crippen LogP contribution in [0.25, 0.3) is 11.1 Å². The number of pyridine rings is 1. The highest BCUT2D eigenvalue weighted by Crippen LogP contribution is 2.32. The lowest BCUT2D eigenvalue weighted by Crippen LogP contribution is -2.44. The van der Waals surface area contributed by atoms with Crippen LogP contribution in [0.15, 0.2) is 23.0 Å². The molecule has 0 atom stereocenters. The van der Waals surface area contributed by atoms with Gasteiger partial charge in [-0.1, -0.05) is 0 Å². The predicted octanol–water partition coefficient (Wildman–Crippen LogP) is 1.26. The number of aromatic nitrogens is 1. The number of rotatable bonds is 2. The SMILES string of the molecule is CN1CCN(c2ccc(-c3c(C#N)c(N)[nH]c(=O)c3C#N)c(F)c2)CC1. The summed E-state index contributed by atoms with van der Waals surface area (Å²) < 4.78 is 14.9. The van der Waals surface area contributed by atoms with E-state index in [1.54, 1.807) is 12.1 Å². The van der Waals surface area contributed by atoms with E-state index in [2.05, 4.69) is 14.8 Å². The Labute approximate surface area is 149 Å². The van der Waals surface area contributed by atoms with Crippen LogP contribution in [0.5, 0.6) is 0 Å². The monoisotopic (exact) mass is 352 g/mol. The van der Waals surface area contributed by atoms with Gasteiger partial charge in [-0.15, -0.1) is 0 Å². The average Bonchev–Trinajstić information content (AvgIpc) is 2.62. The summed E-state index contributed by atoms with van der Waals surface area (Å²) in [7, 11) is 2.03. The minimum Gasteiger partial charge on any atom is -0.384 e. The Bertz CT molecular complexity index is 992. The Hall–Kier alpha value is -3.36. The van der Waals surface area contributed by atoms with Crippen molar-refractivity contribution in [2.45, 2.75) is 0 Å². The second kappa shape index (κ2) is 6.87. The number of nitrogens with zero attached hydrogens (tertiary/aromatic N) is 4. The van der Waals surface area contributed by atoms with Crippen LogP contribution < -0.4 is 16.2 Å². The first-order chi connectivity index (χ1) is 12.5. The molecule has 1 fully saturated rings. The molecule has 3 N–H and O–H groups in total.